The molecule has 0 aliphatic carbocycles. The molecule has 28 heavy (non-hydrogen) atoms. The fourth-order valence-corrected chi connectivity index (χ4v) is 2.88. The number of para-hydroxylation sites is 1. The highest BCUT2D eigenvalue weighted by atomic mass is 16.5. The van der Waals surface area contributed by atoms with Crippen LogP contribution in [0.1, 0.15) is 22.8 Å². The molecule has 0 aliphatic heterocycles. The van der Waals surface area contributed by atoms with Crippen LogP contribution in [0.15, 0.2) is 60.8 Å². The number of nitrogens with zero attached hydrogens (tertiary/aromatic N) is 3. The van der Waals surface area contributed by atoms with Gasteiger partial charge in [0.05, 0.1) is 5.69 Å². The highest BCUT2D eigenvalue weighted by Crippen LogP contribution is 2.25. The quantitative estimate of drug-likeness (QED) is 0.639. The zero-order valence-electron chi connectivity index (χ0n) is 16.4. The van der Waals surface area contributed by atoms with Gasteiger partial charge in [-0.25, -0.2) is 9.48 Å². The summed E-state index contributed by atoms with van der Waals surface area (Å²) in [5.41, 5.74) is 3.53. The van der Waals surface area contributed by atoms with Crippen LogP contribution >= 0.6 is 0 Å². The Balaban J connectivity index is 2.02. The van der Waals surface area contributed by atoms with Crippen LogP contribution in [0.25, 0.3) is 16.9 Å². The number of hydrogen-bond donors (Lipinski definition) is 0. The molecule has 0 N–H and O–H groups in total. The van der Waals surface area contributed by atoms with E-state index in [1.165, 1.54) is 4.90 Å². The summed E-state index contributed by atoms with van der Waals surface area (Å²) in [5.74, 6) is -0.859. The van der Waals surface area contributed by atoms with E-state index in [0.29, 0.717) is 11.3 Å². The lowest BCUT2D eigenvalue weighted by molar-refractivity contribution is -0.137. The minimum atomic E-state index is -0.882. The zero-order chi connectivity index (χ0) is 20.3. The van der Waals surface area contributed by atoms with Crippen LogP contribution in [0.2, 0.25) is 0 Å². The largest absolute Gasteiger partial charge is 0.449 e. The summed E-state index contributed by atoms with van der Waals surface area (Å²) in [6, 6.07) is 17.3. The number of likely N-dealkylation sites (N-methyl/N-ethyl adjacent to an activating group) is 1. The molecule has 0 spiro atoms. The number of carbonyl (C=O) groups is 2. The summed E-state index contributed by atoms with van der Waals surface area (Å²) < 4.78 is 7.06. The molecular weight excluding hydrogens is 354 g/mol. The Morgan fingerprint density at radius 2 is 1.79 bits per heavy atom. The van der Waals surface area contributed by atoms with Crippen molar-refractivity contribution in [2.75, 3.05) is 14.1 Å². The Hall–Kier alpha value is -3.41. The van der Waals surface area contributed by atoms with Crippen molar-refractivity contribution in [2.24, 2.45) is 0 Å². The fourth-order valence-electron chi connectivity index (χ4n) is 2.88. The molecule has 6 nitrogen and oxygen atoms in total. The smallest absolute Gasteiger partial charge is 0.342 e. The molecule has 0 unspecified atom stereocenters. The topological polar surface area (TPSA) is 64.4 Å². The molecule has 0 radical (unpaired) electrons. The number of aromatic nitrogens is 2. The second-order valence-corrected chi connectivity index (χ2v) is 6.82. The average molecular weight is 377 g/mol. The minimum Gasteiger partial charge on any atom is -0.449 e. The van der Waals surface area contributed by atoms with Gasteiger partial charge < -0.3 is 9.64 Å². The van der Waals surface area contributed by atoms with E-state index in [4.69, 9.17) is 4.74 Å². The third kappa shape index (κ3) is 4.11. The number of amides is 1. The maximum Gasteiger partial charge on any atom is 0.342 e. The summed E-state index contributed by atoms with van der Waals surface area (Å²) in [5, 5.41) is 4.62. The summed E-state index contributed by atoms with van der Waals surface area (Å²) >= 11 is 0. The predicted molar refractivity (Wildman–Crippen MR) is 107 cm³/mol. The maximum atomic E-state index is 12.9. The SMILES string of the molecule is Cc1cccc(-c2nn(-c3ccccc3)cc2C(=O)O[C@@H](C)C(=O)N(C)C)c1. The van der Waals surface area contributed by atoms with Gasteiger partial charge in [0.1, 0.15) is 11.3 Å². The van der Waals surface area contributed by atoms with E-state index in [9.17, 15) is 9.59 Å². The lowest BCUT2D eigenvalue weighted by atomic mass is 10.1. The van der Waals surface area contributed by atoms with Crippen LogP contribution in [-0.2, 0) is 9.53 Å². The van der Waals surface area contributed by atoms with Gasteiger partial charge in [-0.3, -0.25) is 4.79 Å². The first-order valence-electron chi connectivity index (χ1n) is 9.01. The van der Waals surface area contributed by atoms with Crippen molar-refractivity contribution in [3.63, 3.8) is 0 Å². The van der Waals surface area contributed by atoms with E-state index >= 15 is 0 Å². The standard InChI is InChI=1S/C22H23N3O3/c1-15-9-8-10-17(13-15)20-19(22(27)28-16(2)21(26)24(3)4)14-25(23-20)18-11-6-5-7-12-18/h5-14,16H,1-4H3/t16-/m0/s1. The van der Waals surface area contributed by atoms with Gasteiger partial charge in [0.25, 0.3) is 5.91 Å². The third-order valence-electron chi connectivity index (χ3n) is 4.32. The highest BCUT2D eigenvalue weighted by molar-refractivity contribution is 5.97. The molecular formula is C22H23N3O3. The average Bonchev–Trinajstić information content (AvgIpc) is 3.13. The van der Waals surface area contributed by atoms with Crippen molar-refractivity contribution in [3.05, 3.63) is 71.9 Å². The Morgan fingerprint density at radius 1 is 1.07 bits per heavy atom. The number of aryl methyl sites for hydroxylation is 1. The van der Waals surface area contributed by atoms with Crippen LogP contribution in [0, 0.1) is 6.92 Å². The van der Waals surface area contributed by atoms with Gasteiger partial charge in [0.2, 0.25) is 0 Å². The number of carbonyl (C=O) groups excluding carboxylic acids is 2. The Labute approximate surface area is 164 Å². The first-order valence-corrected chi connectivity index (χ1v) is 9.01. The summed E-state index contributed by atoms with van der Waals surface area (Å²) in [7, 11) is 3.25. The van der Waals surface area contributed by atoms with Crippen LogP contribution in [0.3, 0.4) is 0 Å². The van der Waals surface area contributed by atoms with Gasteiger partial charge in [0, 0.05) is 25.9 Å². The molecule has 6 heteroatoms. The molecule has 0 bridgehead atoms. The second-order valence-electron chi connectivity index (χ2n) is 6.82. The fraction of sp³-hybridized carbons (Fsp3) is 0.227. The van der Waals surface area contributed by atoms with Crippen LogP contribution in [-0.4, -0.2) is 46.8 Å². The van der Waals surface area contributed by atoms with Crippen molar-refractivity contribution >= 4 is 11.9 Å². The zero-order valence-corrected chi connectivity index (χ0v) is 16.4. The number of esters is 1. The van der Waals surface area contributed by atoms with Crippen molar-refractivity contribution in [2.45, 2.75) is 20.0 Å². The molecule has 0 fully saturated rings. The normalized spacial score (nSPS) is 11.7. The van der Waals surface area contributed by atoms with Gasteiger partial charge in [-0.1, -0.05) is 42.0 Å². The highest BCUT2D eigenvalue weighted by Gasteiger charge is 2.25. The first kappa shape index (κ1) is 19.4. The predicted octanol–water partition coefficient (Wildman–Crippen LogP) is 3.48. The molecule has 1 amide bonds. The Kier molecular flexibility index (Phi) is 5.59. The van der Waals surface area contributed by atoms with E-state index in [1.54, 1.807) is 31.9 Å². The molecule has 1 heterocycles. The van der Waals surface area contributed by atoms with E-state index in [0.717, 1.165) is 16.8 Å². The van der Waals surface area contributed by atoms with E-state index < -0.39 is 12.1 Å². The summed E-state index contributed by atoms with van der Waals surface area (Å²) in [6.07, 6.45) is 0.760. The van der Waals surface area contributed by atoms with Gasteiger partial charge in [-0.15, -0.1) is 0 Å². The lowest BCUT2D eigenvalue weighted by Crippen LogP contribution is -2.34. The second kappa shape index (κ2) is 8.08. The van der Waals surface area contributed by atoms with E-state index in [-0.39, 0.29) is 5.91 Å². The number of hydrogen-bond acceptors (Lipinski definition) is 4. The molecule has 0 saturated heterocycles. The molecule has 144 valence electrons. The first-order chi connectivity index (χ1) is 13.4. The van der Waals surface area contributed by atoms with Gasteiger partial charge in [0.15, 0.2) is 6.10 Å². The number of rotatable bonds is 5. The molecule has 3 aromatic rings. The van der Waals surface area contributed by atoms with Crippen molar-refractivity contribution in [1.29, 1.82) is 0 Å². The monoisotopic (exact) mass is 377 g/mol. The van der Waals surface area contributed by atoms with Gasteiger partial charge in [-0.05, 0) is 32.0 Å². The lowest BCUT2D eigenvalue weighted by Gasteiger charge is -2.17. The molecule has 1 atom stereocenters. The Bertz CT molecular complexity index is 993. The Morgan fingerprint density at radius 3 is 2.43 bits per heavy atom. The van der Waals surface area contributed by atoms with Crippen molar-refractivity contribution in [1.82, 2.24) is 14.7 Å². The van der Waals surface area contributed by atoms with E-state index in [2.05, 4.69) is 5.10 Å². The number of ether oxygens (including phenoxy) is 1. The molecule has 1 aromatic heterocycles. The van der Waals surface area contributed by atoms with Crippen molar-refractivity contribution in [3.8, 4) is 16.9 Å². The van der Waals surface area contributed by atoms with Crippen LogP contribution in [0.4, 0.5) is 0 Å². The van der Waals surface area contributed by atoms with Crippen LogP contribution < -0.4 is 0 Å². The number of benzene rings is 2. The molecule has 0 aliphatic rings. The van der Waals surface area contributed by atoms with Crippen molar-refractivity contribution < 1.29 is 14.3 Å². The summed E-state index contributed by atoms with van der Waals surface area (Å²) in [6.45, 7) is 3.54. The third-order valence-corrected chi connectivity index (χ3v) is 4.32. The minimum absolute atomic E-state index is 0.277. The molecule has 3 rings (SSSR count). The summed E-state index contributed by atoms with van der Waals surface area (Å²) in [4.78, 5) is 26.3. The van der Waals surface area contributed by atoms with Gasteiger partial charge >= 0.3 is 5.97 Å². The van der Waals surface area contributed by atoms with Crippen LogP contribution in [0.5, 0.6) is 0 Å². The molecule has 2 aromatic carbocycles. The van der Waals surface area contributed by atoms with Gasteiger partial charge in [-0.2, -0.15) is 5.10 Å². The molecule has 0 saturated carbocycles. The maximum absolute atomic E-state index is 12.9. The van der Waals surface area contributed by atoms with E-state index in [1.807, 2.05) is 61.5 Å².